The molecule has 0 saturated carbocycles. The van der Waals surface area contributed by atoms with Gasteiger partial charge in [-0.2, -0.15) is 4.57 Å². The number of Topliss-reactive ketones (excluding diaryl/α,β-unsaturated/α-hetero) is 1. The van der Waals surface area contributed by atoms with Gasteiger partial charge in [0, 0.05) is 6.07 Å². The first-order chi connectivity index (χ1) is 7.66. The lowest BCUT2D eigenvalue weighted by Gasteiger charge is -1.98. The molecule has 0 radical (unpaired) electrons. The van der Waals surface area contributed by atoms with Crippen LogP contribution in [-0.2, 0) is 6.54 Å². The lowest BCUT2D eigenvalue weighted by Crippen LogP contribution is -2.35. The Kier molecular flexibility index (Phi) is 3.05. The smallest absolute Gasteiger partial charge is 0.230 e. The van der Waals surface area contributed by atoms with Crippen molar-refractivity contribution >= 4 is 17.1 Å². The van der Waals surface area contributed by atoms with Gasteiger partial charge in [-0.15, -0.1) is 0 Å². The van der Waals surface area contributed by atoms with Gasteiger partial charge in [0.2, 0.25) is 17.8 Å². The Balaban J connectivity index is 2.21. The third-order valence-electron chi connectivity index (χ3n) is 2.08. The van der Waals surface area contributed by atoms with E-state index in [-0.39, 0.29) is 17.9 Å². The zero-order valence-electron chi connectivity index (χ0n) is 8.19. The fourth-order valence-electron chi connectivity index (χ4n) is 1.32. The third-order valence-corrected chi connectivity index (χ3v) is 2.76. The van der Waals surface area contributed by atoms with Crippen molar-refractivity contribution < 1.29 is 18.1 Å². The molecule has 0 amide bonds. The monoisotopic (exact) mass is 240 g/mol. The second-order valence-corrected chi connectivity index (χ2v) is 4.00. The van der Waals surface area contributed by atoms with Crippen LogP contribution in [0.3, 0.4) is 0 Å². The molecule has 0 aliphatic rings. The highest BCUT2D eigenvalue weighted by Gasteiger charge is 2.16. The van der Waals surface area contributed by atoms with Gasteiger partial charge in [0.05, 0.1) is 10.9 Å². The van der Waals surface area contributed by atoms with Gasteiger partial charge < -0.3 is 0 Å². The van der Waals surface area contributed by atoms with Gasteiger partial charge >= 0.3 is 0 Å². The molecule has 0 fully saturated rings. The average molecular weight is 240 g/mol. The summed E-state index contributed by atoms with van der Waals surface area (Å²) < 4.78 is 27.5. The Labute approximate surface area is 94.8 Å². The van der Waals surface area contributed by atoms with Crippen molar-refractivity contribution in [3.63, 3.8) is 0 Å². The maximum absolute atomic E-state index is 13.3. The highest BCUT2D eigenvalue weighted by Crippen LogP contribution is 2.10. The van der Waals surface area contributed by atoms with E-state index in [2.05, 4.69) is 0 Å². The van der Waals surface area contributed by atoms with Gasteiger partial charge in [-0.25, -0.2) is 8.78 Å². The number of ketones is 1. The van der Waals surface area contributed by atoms with Gasteiger partial charge in [-0.3, -0.25) is 4.79 Å². The van der Waals surface area contributed by atoms with Crippen LogP contribution >= 0.6 is 11.3 Å². The van der Waals surface area contributed by atoms with Crippen LogP contribution in [0, 0.1) is 11.6 Å². The molecule has 0 bridgehead atoms. The fourth-order valence-corrected chi connectivity index (χ4v) is 1.92. The summed E-state index contributed by atoms with van der Waals surface area (Å²) in [6, 6.07) is 2.96. The number of aromatic nitrogens is 1. The Morgan fingerprint density at radius 2 is 2.19 bits per heavy atom. The van der Waals surface area contributed by atoms with Crippen LogP contribution in [0.4, 0.5) is 8.78 Å². The van der Waals surface area contributed by atoms with E-state index in [4.69, 9.17) is 0 Å². The average Bonchev–Trinajstić information content (AvgIpc) is 2.70. The Morgan fingerprint density at radius 3 is 2.81 bits per heavy atom. The SMILES string of the molecule is O=C(C[n+]1ccsc1)c1ccc(F)cc1F. The van der Waals surface area contributed by atoms with Crippen LogP contribution in [0.25, 0.3) is 0 Å². The molecule has 5 heteroatoms. The number of rotatable bonds is 3. The summed E-state index contributed by atoms with van der Waals surface area (Å²) >= 11 is 1.44. The Morgan fingerprint density at radius 1 is 1.38 bits per heavy atom. The molecule has 0 saturated heterocycles. The number of thiazole rings is 1. The number of benzene rings is 1. The van der Waals surface area contributed by atoms with Crippen LogP contribution in [-0.4, -0.2) is 5.78 Å². The first-order valence-corrected chi connectivity index (χ1v) is 5.50. The van der Waals surface area contributed by atoms with Gasteiger partial charge in [-0.1, -0.05) is 11.3 Å². The highest BCUT2D eigenvalue weighted by atomic mass is 32.1. The molecule has 16 heavy (non-hydrogen) atoms. The largest absolute Gasteiger partial charge is 0.287 e. The van der Waals surface area contributed by atoms with Crippen LogP contribution in [0.1, 0.15) is 10.4 Å². The standard InChI is InChI=1S/C11H8F2NOS/c12-8-1-2-9(10(13)5-8)11(15)6-14-3-4-16-7-14/h1-5,7H,6H2/q+1. The topological polar surface area (TPSA) is 20.9 Å². The van der Waals surface area contributed by atoms with Crippen molar-refractivity contribution in [1.82, 2.24) is 0 Å². The van der Waals surface area contributed by atoms with Crippen molar-refractivity contribution in [2.24, 2.45) is 0 Å². The molecule has 0 atom stereocenters. The molecule has 0 spiro atoms. The maximum Gasteiger partial charge on any atom is 0.230 e. The van der Waals surface area contributed by atoms with E-state index in [0.717, 1.165) is 6.07 Å². The first kappa shape index (κ1) is 10.9. The molecule has 82 valence electrons. The molecular formula is C11H8F2NOS+. The minimum atomic E-state index is -0.819. The van der Waals surface area contributed by atoms with Crippen LogP contribution < -0.4 is 4.57 Å². The summed E-state index contributed by atoms with van der Waals surface area (Å²) in [6.07, 6.45) is 1.73. The summed E-state index contributed by atoms with van der Waals surface area (Å²) in [4.78, 5) is 11.7. The predicted octanol–water partition coefficient (Wildman–Crippen LogP) is 2.20. The summed E-state index contributed by atoms with van der Waals surface area (Å²) in [6.45, 7) is 0.0616. The minimum Gasteiger partial charge on any atom is -0.287 e. The van der Waals surface area contributed by atoms with E-state index in [0.29, 0.717) is 6.07 Å². The van der Waals surface area contributed by atoms with Crippen molar-refractivity contribution in [2.45, 2.75) is 6.54 Å². The number of carbonyl (C=O) groups is 1. The Bertz CT molecular complexity index is 511. The summed E-state index contributed by atoms with van der Waals surface area (Å²) in [5.41, 5.74) is 1.67. The normalized spacial score (nSPS) is 10.4. The molecule has 0 aliphatic carbocycles. The highest BCUT2D eigenvalue weighted by molar-refractivity contribution is 7.07. The van der Waals surface area contributed by atoms with E-state index in [1.807, 2.05) is 5.38 Å². The number of hydrogen-bond donors (Lipinski definition) is 0. The predicted molar refractivity (Wildman–Crippen MR) is 55.2 cm³/mol. The number of hydrogen-bond acceptors (Lipinski definition) is 2. The van der Waals surface area contributed by atoms with E-state index < -0.39 is 11.6 Å². The number of nitrogens with zero attached hydrogens (tertiary/aromatic N) is 1. The number of carbonyl (C=O) groups excluding carboxylic acids is 1. The minimum absolute atomic E-state index is 0.0616. The molecule has 1 heterocycles. The molecule has 2 aromatic rings. The molecule has 1 aromatic carbocycles. The van der Waals surface area contributed by atoms with E-state index >= 15 is 0 Å². The van der Waals surface area contributed by atoms with Crippen LogP contribution in [0.2, 0.25) is 0 Å². The molecular weight excluding hydrogens is 232 g/mol. The van der Waals surface area contributed by atoms with E-state index in [1.165, 1.54) is 17.4 Å². The zero-order valence-corrected chi connectivity index (χ0v) is 9.01. The van der Waals surface area contributed by atoms with Gasteiger partial charge in [0.1, 0.15) is 11.6 Å². The summed E-state index contributed by atoms with van der Waals surface area (Å²) in [5.74, 6) is -1.88. The van der Waals surface area contributed by atoms with Crippen LogP contribution in [0.15, 0.2) is 35.3 Å². The van der Waals surface area contributed by atoms with Crippen molar-refractivity contribution in [1.29, 1.82) is 0 Å². The molecule has 0 unspecified atom stereocenters. The van der Waals surface area contributed by atoms with Crippen molar-refractivity contribution in [3.05, 3.63) is 52.5 Å². The first-order valence-electron chi connectivity index (χ1n) is 4.56. The van der Waals surface area contributed by atoms with Gasteiger partial charge in [0.25, 0.3) is 0 Å². The molecule has 0 aliphatic heterocycles. The molecule has 0 N–H and O–H groups in total. The van der Waals surface area contributed by atoms with Gasteiger partial charge in [-0.05, 0) is 12.1 Å². The lowest BCUT2D eigenvalue weighted by atomic mass is 10.1. The van der Waals surface area contributed by atoms with E-state index in [9.17, 15) is 13.6 Å². The molecule has 2 nitrogen and oxygen atoms in total. The fraction of sp³-hybridized carbons (Fsp3) is 0.0909. The van der Waals surface area contributed by atoms with Crippen molar-refractivity contribution in [3.8, 4) is 0 Å². The van der Waals surface area contributed by atoms with Crippen molar-refractivity contribution in [2.75, 3.05) is 0 Å². The van der Waals surface area contributed by atoms with Crippen LogP contribution in [0.5, 0.6) is 0 Å². The summed E-state index contributed by atoms with van der Waals surface area (Å²) in [7, 11) is 0. The van der Waals surface area contributed by atoms with Gasteiger partial charge in [0.15, 0.2) is 6.20 Å². The quantitative estimate of drug-likeness (QED) is 0.595. The zero-order chi connectivity index (χ0) is 11.5. The maximum atomic E-state index is 13.3. The number of halogens is 2. The van der Waals surface area contributed by atoms with E-state index in [1.54, 1.807) is 16.3 Å². The molecule has 2 rings (SSSR count). The third kappa shape index (κ3) is 2.30. The Hall–Kier alpha value is -1.62. The molecule has 1 aromatic heterocycles. The summed E-state index contributed by atoms with van der Waals surface area (Å²) in [5, 5.41) is 1.81. The second kappa shape index (κ2) is 4.49. The second-order valence-electron chi connectivity index (χ2n) is 3.25. The lowest BCUT2D eigenvalue weighted by molar-refractivity contribution is -0.678.